The van der Waals surface area contributed by atoms with E-state index in [9.17, 15) is 4.79 Å². The van der Waals surface area contributed by atoms with Gasteiger partial charge in [0.25, 0.3) is 5.52 Å². The second kappa shape index (κ2) is 5.78. The van der Waals surface area contributed by atoms with Crippen LogP contribution in [0.3, 0.4) is 0 Å². The van der Waals surface area contributed by atoms with Gasteiger partial charge in [-0.15, -0.1) is 0 Å². The maximum absolute atomic E-state index is 12.8. The van der Waals surface area contributed by atoms with E-state index in [1.165, 1.54) is 0 Å². The first kappa shape index (κ1) is 15.7. The average Bonchev–Trinajstić information content (AvgIpc) is 2.87. The first-order chi connectivity index (χ1) is 10.6. The Labute approximate surface area is 145 Å². The normalized spacial score (nSPS) is 10.9. The predicted molar refractivity (Wildman–Crippen MR) is 97.2 cm³/mol. The molecular formula is C17H14IN3O2. The molecule has 2 heterocycles. The van der Waals surface area contributed by atoms with Gasteiger partial charge in [-0.25, -0.2) is 4.68 Å². The molecule has 0 unspecified atom stereocenters. The van der Waals surface area contributed by atoms with Gasteiger partial charge in [0.2, 0.25) is 0 Å². The molecular weight excluding hydrogens is 405 g/mol. The molecule has 0 spiro atoms. The second-order valence-corrected chi connectivity index (χ2v) is 6.53. The summed E-state index contributed by atoms with van der Waals surface area (Å²) in [6, 6.07) is 15.9. The summed E-state index contributed by atoms with van der Waals surface area (Å²) in [5.41, 5.74) is 2.34. The van der Waals surface area contributed by atoms with Gasteiger partial charge in [-0.05, 0) is 52.9 Å². The third-order valence-corrected chi connectivity index (χ3v) is 4.59. The van der Waals surface area contributed by atoms with E-state index in [1.54, 1.807) is 4.68 Å². The van der Waals surface area contributed by atoms with Crippen LogP contribution in [-0.4, -0.2) is 15.3 Å². The lowest BCUT2D eigenvalue weighted by atomic mass is 10.1. The van der Waals surface area contributed by atoms with Crippen molar-refractivity contribution in [1.29, 1.82) is 0 Å². The fourth-order valence-electron chi connectivity index (χ4n) is 2.83. The highest BCUT2D eigenvalue weighted by molar-refractivity contribution is 14.1. The number of rotatable bonds is 1. The minimum atomic E-state index is -0.0375. The number of aromatic nitrogens is 3. The number of nitrogens with one attached hydrogen (secondary N) is 1. The number of aromatic amines is 1. The number of nitrogens with zero attached hydrogens (tertiary/aromatic N) is 2. The Morgan fingerprint density at radius 1 is 1.09 bits per heavy atom. The lowest BCUT2D eigenvalue weighted by Crippen LogP contribution is -2.33. The number of hydrogen-bond donors (Lipinski definition) is 1. The zero-order chi connectivity index (χ0) is 15.3. The van der Waals surface area contributed by atoms with Gasteiger partial charge < -0.3 is 5.48 Å². The van der Waals surface area contributed by atoms with Gasteiger partial charge in [-0.1, -0.05) is 18.2 Å². The lowest BCUT2D eigenvalue weighted by Gasteiger charge is -2.00. The number of H-pyrrole nitrogens is 1. The molecule has 6 heteroatoms. The molecule has 0 radical (unpaired) electrons. The monoisotopic (exact) mass is 419 g/mol. The standard InChI is InChI=1S/C17H12IN3O.H2O/c1-20-10-11-4-2-3-5-14(11)15-16(20)17(22)21(19-15)13-8-6-12(18)7-9-13;/h2-10H,1H3;1H2. The molecule has 116 valence electrons. The van der Waals surface area contributed by atoms with E-state index in [4.69, 9.17) is 0 Å². The molecule has 2 aromatic heterocycles. The van der Waals surface area contributed by atoms with Crippen molar-refractivity contribution in [2.45, 2.75) is 0 Å². The summed E-state index contributed by atoms with van der Waals surface area (Å²) in [7, 11) is 1.91. The Kier molecular flexibility index (Phi) is 3.95. The van der Waals surface area contributed by atoms with E-state index < -0.39 is 0 Å². The molecule has 0 aliphatic heterocycles. The predicted octanol–water partition coefficient (Wildman–Crippen LogP) is 2.72. The number of aryl methyl sites for hydroxylation is 1. The lowest BCUT2D eigenvalue weighted by molar-refractivity contribution is -0.644. The summed E-state index contributed by atoms with van der Waals surface area (Å²) in [4.78, 5) is 12.8. The number of pyridine rings is 1. The molecule has 0 saturated carbocycles. The van der Waals surface area contributed by atoms with Gasteiger partial charge in [-0.2, -0.15) is 4.57 Å². The maximum Gasteiger partial charge on any atom is 0.344 e. The largest absolute Gasteiger partial charge is 0.870 e. The molecule has 4 rings (SSSR count). The van der Waals surface area contributed by atoms with Crippen molar-refractivity contribution >= 4 is 44.4 Å². The van der Waals surface area contributed by atoms with Crippen LogP contribution in [0.4, 0.5) is 0 Å². The molecule has 0 aliphatic rings. The first-order valence-corrected chi connectivity index (χ1v) is 8.01. The molecule has 4 aromatic rings. The van der Waals surface area contributed by atoms with Crippen LogP contribution in [-0.2, 0) is 7.05 Å². The number of benzene rings is 2. The summed E-state index contributed by atoms with van der Waals surface area (Å²) in [5.74, 6) is 0. The molecule has 0 amide bonds. The first-order valence-electron chi connectivity index (χ1n) is 6.93. The fourth-order valence-corrected chi connectivity index (χ4v) is 3.19. The van der Waals surface area contributed by atoms with Crippen molar-refractivity contribution in [2.75, 3.05) is 0 Å². The Morgan fingerprint density at radius 2 is 1.78 bits per heavy atom. The van der Waals surface area contributed by atoms with E-state index in [-0.39, 0.29) is 11.0 Å². The van der Waals surface area contributed by atoms with E-state index in [0.717, 1.165) is 25.5 Å². The number of halogens is 1. The highest BCUT2D eigenvalue weighted by atomic mass is 127. The van der Waals surface area contributed by atoms with Crippen molar-refractivity contribution in [3.63, 3.8) is 0 Å². The van der Waals surface area contributed by atoms with Crippen LogP contribution < -0.4 is 10.1 Å². The summed E-state index contributed by atoms with van der Waals surface area (Å²) in [6.45, 7) is 0. The van der Waals surface area contributed by atoms with Crippen LogP contribution >= 0.6 is 22.6 Å². The average molecular weight is 419 g/mol. The topological polar surface area (TPSA) is 71.7 Å². The van der Waals surface area contributed by atoms with Crippen LogP contribution in [0.25, 0.3) is 27.5 Å². The van der Waals surface area contributed by atoms with Crippen molar-refractivity contribution < 1.29 is 10.0 Å². The SMILES string of the molecule is C[n+]1cc2ccccc2c2[nH]n(-c3ccc(I)cc3)c(=O)c21.[OH-]. The van der Waals surface area contributed by atoms with Gasteiger partial charge in [0, 0.05) is 14.3 Å². The molecule has 0 bridgehead atoms. The molecule has 23 heavy (non-hydrogen) atoms. The zero-order valence-corrected chi connectivity index (χ0v) is 14.5. The van der Waals surface area contributed by atoms with Gasteiger partial charge >= 0.3 is 5.56 Å². The molecule has 0 aliphatic carbocycles. The molecule has 0 atom stereocenters. The Balaban J connectivity index is 0.00000156. The molecule has 2 aromatic carbocycles. The van der Waals surface area contributed by atoms with Crippen molar-refractivity contribution in [3.8, 4) is 5.69 Å². The third-order valence-electron chi connectivity index (χ3n) is 3.87. The van der Waals surface area contributed by atoms with Crippen LogP contribution in [0.5, 0.6) is 0 Å². The van der Waals surface area contributed by atoms with Crippen molar-refractivity contribution in [2.24, 2.45) is 7.05 Å². The fraction of sp³-hybridized carbons (Fsp3) is 0.0588. The van der Waals surface area contributed by atoms with Crippen molar-refractivity contribution in [1.82, 2.24) is 9.78 Å². The quantitative estimate of drug-likeness (QED) is 0.381. The summed E-state index contributed by atoms with van der Waals surface area (Å²) in [6.07, 6.45) is 1.99. The number of fused-ring (bicyclic) bond motifs is 3. The summed E-state index contributed by atoms with van der Waals surface area (Å²) in [5, 5.41) is 5.42. The van der Waals surface area contributed by atoms with Crippen LogP contribution in [0.2, 0.25) is 0 Å². The van der Waals surface area contributed by atoms with E-state index in [1.807, 2.05) is 60.3 Å². The van der Waals surface area contributed by atoms with Gasteiger partial charge in [-0.3, -0.25) is 9.89 Å². The Hall–Kier alpha value is -2.19. The third kappa shape index (κ3) is 2.43. The van der Waals surface area contributed by atoms with Gasteiger partial charge in [0.15, 0.2) is 6.20 Å². The van der Waals surface area contributed by atoms with Crippen LogP contribution in [0.15, 0.2) is 59.5 Å². The van der Waals surface area contributed by atoms with Crippen LogP contribution in [0, 0.1) is 3.57 Å². The second-order valence-electron chi connectivity index (χ2n) is 5.28. The molecule has 5 nitrogen and oxygen atoms in total. The van der Waals surface area contributed by atoms with Crippen molar-refractivity contribution in [3.05, 3.63) is 68.7 Å². The van der Waals surface area contributed by atoms with Gasteiger partial charge in [0.05, 0.1) is 5.69 Å². The van der Waals surface area contributed by atoms with E-state index >= 15 is 0 Å². The zero-order valence-electron chi connectivity index (χ0n) is 12.3. The molecule has 0 fully saturated rings. The highest BCUT2D eigenvalue weighted by Gasteiger charge is 2.19. The minimum Gasteiger partial charge on any atom is -0.870 e. The maximum atomic E-state index is 12.8. The van der Waals surface area contributed by atoms with E-state index in [0.29, 0.717) is 5.52 Å². The smallest absolute Gasteiger partial charge is 0.344 e. The highest BCUT2D eigenvalue weighted by Crippen LogP contribution is 2.19. The van der Waals surface area contributed by atoms with E-state index in [2.05, 4.69) is 33.8 Å². The summed E-state index contributed by atoms with van der Waals surface area (Å²) >= 11 is 2.25. The van der Waals surface area contributed by atoms with Crippen LogP contribution in [0.1, 0.15) is 0 Å². The number of hydrogen-bond acceptors (Lipinski definition) is 2. The van der Waals surface area contributed by atoms with Gasteiger partial charge in [0.1, 0.15) is 12.6 Å². The minimum absolute atomic E-state index is 0. The Morgan fingerprint density at radius 3 is 2.52 bits per heavy atom. The Bertz CT molecular complexity index is 1070. The molecule has 2 N–H and O–H groups in total. The molecule has 0 saturated heterocycles. The summed E-state index contributed by atoms with van der Waals surface area (Å²) < 4.78 is 4.63.